The second kappa shape index (κ2) is 7.11. The van der Waals surface area contributed by atoms with Crippen LogP contribution in [-0.2, 0) is 16.0 Å². The third-order valence-corrected chi connectivity index (χ3v) is 4.18. The lowest BCUT2D eigenvalue weighted by atomic mass is 10.0. The van der Waals surface area contributed by atoms with Gasteiger partial charge >= 0.3 is 12.3 Å². The van der Waals surface area contributed by atoms with Crippen molar-refractivity contribution in [2.45, 2.75) is 38.6 Å². The van der Waals surface area contributed by atoms with Crippen molar-refractivity contribution in [2.24, 2.45) is 5.92 Å². The molecule has 1 aromatic rings. The van der Waals surface area contributed by atoms with Crippen LogP contribution in [0.4, 0.5) is 13.2 Å². The Kier molecular flexibility index (Phi) is 5.36. The summed E-state index contributed by atoms with van der Waals surface area (Å²) in [4.78, 5) is 24.8. The summed E-state index contributed by atoms with van der Waals surface area (Å²) in [6.07, 6.45) is -3.75. The fourth-order valence-corrected chi connectivity index (χ4v) is 2.87. The molecule has 1 aliphatic rings. The molecule has 0 aliphatic carbocycles. The van der Waals surface area contributed by atoms with Gasteiger partial charge in [0.15, 0.2) is 0 Å². The number of halogens is 3. The van der Waals surface area contributed by atoms with Crippen molar-refractivity contribution in [2.75, 3.05) is 6.54 Å². The molecule has 1 N–H and O–H groups in total. The molecule has 8 heteroatoms. The van der Waals surface area contributed by atoms with E-state index in [1.54, 1.807) is 11.8 Å². The van der Waals surface area contributed by atoms with Crippen LogP contribution in [0.15, 0.2) is 24.3 Å². The van der Waals surface area contributed by atoms with E-state index in [4.69, 9.17) is 5.11 Å². The summed E-state index contributed by atoms with van der Waals surface area (Å²) >= 11 is 0. The fraction of sp³-hybridized carbons (Fsp3) is 0.500. The first-order chi connectivity index (χ1) is 11.2. The van der Waals surface area contributed by atoms with Gasteiger partial charge in [-0.3, -0.25) is 9.59 Å². The first-order valence-electron chi connectivity index (χ1n) is 7.54. The third-order valence-electron chi connectivity index (χ3n) is 4.18. The summed E-state index contributed by atoms with van der Waals surface area (Å²) in [6, 6.07) is 5.00. The Labute approximate surface area is 137 Å². The van der Waals surface area contributed by atoms with Crippen LogP contribution in [0.2, 0.25) is 0 Å². The number of carboxylic acid groups (broad SMARTS) is 1. The Hall–Kier alpha value is -2.25. The summed E-state index contributed by atoms with van der Waals surface area (Å²) in [7, 11) is 0. The lowest BCUT2D eigenvalue weighted by molar-refractivity contribution is -0.274. The molecule has 1 saturated heterocycles. The van der Waals surface area contributed by atoms with Gasteiger partial charge in [-0.15, -0.1) is 13.2 Å². The molecule has 0 saturated carbocycles. The number of carbonyl (C=O) groups excluding carboxylic acids is 1. The molecule has 1 amide bonds. The number of benzene rings is 1. The van der Waals surface area contributed by atoms with Gasteiger partial charge in [0.2, 0.25) is 5.91 Å². The average Bonchev–Trinajstić information content (AvgIpc) is 2.86. The number of amides is 1. The largest absolute Gasteiger partial charge is 0.573 e. The van der Waals surface area contributed by atoms with Crippen LogP contribution in [0.25, 0.3) is 0 Å². The van der Waals surface area contributed by atoms with E-state index in [0.29, 0.717) is 24.9 Å². The number of rotatable bonds is 5. The number of hydrogen-bond acceptors (Lipinski definition) is 3. The number of alkyl halides is 3. The molecule has 1 aromatic carbocycles. The third kappa shape index (κ3) is 4.62. The van der Waals surface area contributed by atoms with E-state index >= 15 is 0 Å². The average molecular weight is 345 g/mol. The predicted molar refractivity (Wildman–Crippen MR) is 78.4 cm³/mol. The van der Waals surface area contributed by atoms with Gasteiger partial charge < -0.3 is 14.7 Å². The van der Waals surface area contributed by atoms with E-state index in [0.717, 1.165) is 0 Å². The van der Waals surface area contributed by atoms with Crippen molar-refractivity contribution in [3.05, 3.63) is 29.8 Å². The van der Waals surface area contributed by atoms with Crippen molar-refractivity contribution in [3.8, 4) is 5.75 Å². The molecular formula is C16H18F3NO4. The standard InChI is InChI=1S/C16H18F3NO4/c1-10-13(15(22)23)8-9-20(10)14(21)7-4-11-2-5-12(6-3-11)24-16(17,18)19/h2-3,5-6,10,13H,4,7-9H2,1H3,(H,22,23). The van der Waals surface area contributed by atoms with E-state index in [-0.39, 0.29) is 24.1 Å². The number of carboxylic acids is 1. The minimum atomic E-state index is -4.73. The second-order valence-corrected chi connectivity index (χ2v) is 5.75. The van der Waals surface area contributed by atoms with Crippen molar-refractivity contribution >= 4 is 11.9 Å². The molecule has 24 heavy (non-hydrogen) atoms. The first kappa shape index (κ1) is 18.1. The lowest BCUT2D eigenvalue weighted by Gasteiger charge is -2.23. The molecule has 5 nitrogen and oxygen atoms in total. The lowest BCUT2D eigenvalue weighted by Crippen LogP contribution is -2.37. The number of likely N-dealkylation sites (tertiary alicyclic amines) is 1. The van der Waals surface area contributed by atoms with Crippen LogP contribution in [0, 0.1) is 5.92 Å². The molecule has 0 radical (unpaired) electrons. The molecular weight excluding hydrogens is 327 g/mol. The predicted octanol–water partition coefficient (Wildman–Crippen LogP) is 2.84. The van der Waals surface area contributed by atoms with Gasteiger partial charge in [-0.1, -0.05) is 12.1 Å². The maximum absolute atomic E-state index is 12.2. The summed E-state index contributed by atoms with van der Waals surface area (Å²) in [5, 5.41) is 9.07. The molecule has 1 aliphatic heterocycles. The molecule has 2 rings (SSSR count). The molecule has 132 valence electrons. The number of carbonyl (C=O) groups is 2. The van der Waals surface area contributed by atoms with Gasteiger partial charge in [-0.25, -0.2) is 0 Å². The van der Waals surface area contributed by atoms with Crippen molar-refractivity contribution < 1.29 is 32.6 Å². The minimum absolute atomic E-state index is 0.151. The highest BCUT2D eigenvalue weighted by atomic mass is 19.4. The molecule has 0 aromatic heterocycles. The Morgan fingerprint density at radius 3 is 2.42 bits per heavy atom. The number of ether oxygens (including phenoxy) is 1. The summed E-state index contributed by atoms with van der Waals surface area (Å²) < 4.78 is 40.0. The van der Waals surface area contributed by atoms with E-state index < -0.39 is 18.2 Å². The molecule has 2 atom stereocenters. The maximum Gasteiger partial charge on any atom is 0.573 e. The number of aliphatic carboxylic acids is 1. The zero-order valence-electron chi connectivity index (χ0n) is 13.0. The molecule has 1 fully saturated rings. The topological polar surface area (TPSA) is 66.8 Å². The quantitative estimate of drug-likeness (QED) is 0.891. The van der Waals surface area contributed by atoms with Crippen LogP contribution in [0.1, 0.15) is 25.3 Å². The van der Waals surface area contributed by atoms with Gasteiger partial charge in [0, 0.05) is 19.0 Å². The van der Waals surface area contributed by atoms with E-state index in [2.05, 4.69) is 4.74 Å². The molecule has 1 heterocycles. The normalized spacial score (nSPS) is 20.9. The highest BCUT2D eigenvalue weighted by Crippen LogP contribution is 2.26. The maximum atomic E-state index is 12.2. The molecule has 2 unspecified atom stereocenters. The van der Waals surface area contributed by atoms with E-state index in [1.807, 2.05) is 0 Å². The molecule has 0 bridgehead atoms. The van der Waals surface area contributed by atoms with Gasteiger partial charge in [-0.2, -0.15) is 0 Å². The van der Waals surface area contributed by atoms with Crippen LogP contribution < -0.4 is 4.74 Å². The Balaban J connectivity index is 1.87. The smallest absolute Gasteiger partial charge is 0.481 e. The fourth-order valence-electron chi connectivity index (χ4n) is 2.87. The Bertz CT molecular complexity index is 600. The van der Waals surface area contributed by atoms with E-state index in [9.17, 15) is 22.8 Å². The summed E-state index contributed by atoms with van der Waals surface area (Å²) in [5.41, 5.74) is 0.708. The zero-order valence-corrected chi connectivity index (χ0v) is 13.0. The van der Waals surface area contributed by atoms with E-state index in [1.165, 1.54) is 24.3 Å². The van der Waals surface area contributed by atoms with Crippen LogP contribution in [0.3, 0.4) is 0 Å². The van der Waals surface area contributed by atoms with Crippen LogP contribution in [0.5, 0.6) is 5.75 Å². The number of nitrogens with zero attached hydrogens (tertiary/aromatic N) is 1. The second-order valence-electron chi connectivity index (χ2n) is 5.75. The monoisotopic (exact) mass is 345 g/mol. The van der Waals surface area contributed by atoms with Crippen LogP contribution in [-0.4, -0.2) is 40.8 Å². The van der Waals surface area contributed by atoms with Crippen molar-refractivity contribution in [3.63, 3.8) is 0 Å². The van der Waals surface area contributed by atoms with Gasteiger partial charge in [-0.05, 0) is 37.5 Å². The Morgan fingerprint density at radius 1 is 1.29 bits per heavy atom. The first-order valence-corrected chi connectivity index (χ1v) is 7.54. The Morgan fingerprint density at radius 2 is 1.92 bits per heavy atom. The number of hydrogen-bond donors (Lipinski definition) is 1. The van der Waals surface area contributed by atoms with Gasteiger partial charge in [0.25, 0.3) is 0 Å². The molecule has 0 spiro atoms. The highest BCUT2D eigenvalue weighted by molar-refractivity contribution is 5.79. The SMILES string of the molecule is CC1C(C(=O)O)CCN1C(=O)CCc1ccc(OC(F)(F)F)cc1. The van der Waals surface area contributed by atoms with Gasteiger partial charge in [0.1, 0.15) is 5.75 Å². The zero-order chi connectivity index (χ0) is 17.9. The van der Waals surface area contributed by atoms with Gasteiger partial charge in [0.05, 0.1) is 5.92 Å². The number of aryl methyl sites for hydroxylation is 1. The highest BCUT2D eigenvalue weighted by Gasteiger charge is 2.37. The minimum Gasteiger partial charge on any atom is -0.481 e. The van der Waals surface area contributed by atoms with Crippen LogP contribution >= 0.6 is 0 Å². The summed E-state index contributed by atoms with van der Waals surface area (Å²) in [5.74, 6) is -1.91. The van der Waals surface area contributed by atoms with Crippen molar-refractivity contribution in [1.29, 1.82) is 0 Å². The van der Waals surface area contributed by atoms with Crippen molar-refractivity contribution in [1.82, 2.24) is 4.90 Å². The summed E-state index contributed by atoms with van der Waals surface area (Å²) in [6.45, 7) is 2.13.